The lowest BCUT2D eigenvalue weighted by molar-refractivity contribution is -0.165. The Morgan fingerprint density at radius 1 is 1.07 bits per heavy atom. The number of cyclic esters (lactones) is 1. The van der Waals surface area contributed by atoms with E-state index < -0.39 is 29.2 Å². The molecule has 2 aromatic rings. The molecular weight excluding hydrogens is 388 g/mol. The standard InChI is InChI=1S/C23H24O7/c1-5-29-21(24)23-16(12-30-22(23)25)14-8-6-7-9-15(14)19(23)13-10-17(26-2)20(28-4)18(11-13)27-3/h6-11,16,19H,5,12H2,1-4H3/t16-,19?,23-/m1/s1. The highest BCUT2D eigenvalue weighted by molar-refractivity contribution is 6.06. The minimum absolute atomic E-state index is 0.135. The van der Waals surface area contributed by atoms with Crippen LogP contribution in [0, 0.1) is 5.41 Å². The molecule has 3 atom stereocenters. The molecule has 7 heteroatoms. The first-order valence-electron chi connectivity index (χ1n) is 9.77. The van der Waals surface area contributed by atoms with Crippen LogP contribution in [0.15, 0.2) is 36.4 Å². The summed E-state index contributed by atoms with van der Waals surface area (Å²) in [6.45, 7) is 2.02. The third kappa shape index (κ3) is 2.57. The minimum atomic E-state index is -1.50. The number of hydrogen-bond acceptors (Lipinski definition) is 7. The molecule has 1 aliphatic carbocycles. The van der Waals surface area contributed by atoms with E-state index in [2.05, 4.69) is 0 Å². The zero-order valence-corrected chi connectivity index (χ0v) is 17.4. The number of esters is 2. The van der Waals surface area contributed by atoms with Crippen LogP contribution in [0.5, 0.6) is 17.2 Å². The SMILES string of the molecule is CCOC(=O)[C@@]12C(=O)OC[C@@H]1c1ccccc1C2c1cc(OC)c(OC)c(OC)c1. The van der Waals surface area contributed by atoms with Crippen molar-refractivity contribution in [2.45, 2.75) is 18.8 Å². The lowest BCUT2D eigenvalue weighted by Gasteiger charge is -2.30. The highest BCUT2D eigenvalue weighted by atomic mass is 16.6. The first-order chi connectivity index (χ1) is 14.5. The van der Waals surface area contributed by atoms with Crippen LogP contribution in [0.25, 0.3) is 0 Å². The second kappa shape index (κ2) is 7.55. The number of carbonyl (C=O) groups excluding carboxylic acids is 2. The van der Waals surface area contributed by atoms with E-state index in [0.29, 0.717) is 22.8 Å². The second-order valence-electron chi connectivity index (χ2n) is 7.26. The lowest BCUT2D eigenvalue weighted by atomic mass is 9.69. The molecule has 0 spiro atoms. The number of hydrogen-bond donors (Lipinski definition) is 0. The van der Waals surface area contributed by atoms with E-state index in [-0.39, 0.29) is 13.2 Å². The van der Waals surface area contributed by atoms with Gasteiger partial charge in [-0.2, -0.15) is 0 Å². The van der Waals surface area contributed by atoms with E-state index >= 15 is 0 Å². The van der Waals surface area contributed by atoms with Crippen LogP contribution in [0.3, 0.4) is 0 Å². The predicted molar refractivity (Wildman–Crippen MR) is 107 cm³/mol. The summed E-state index contributed by atoms with van der Waals surface area (Å²) in [5.74, 6) is -0.860. The highest BCUT2D eigenvalue weighted by Gasteiger charge is 2.69. The van der Waals surface area contributed by atoms with Crippen molar-refractivity contribution in [1.29, 1.82) is 0 Å². The van der Waals surface area contributed by atoms with Crippen LogP contribution in [0.1, 0.15) is 35.4 Å². The van der Waals surface area contributed by atoms with Crippen molar-refractivity contribution in [3.63, 3.8) is 0 Å². The summed E-state index contributed by atoms with van der Waals surface area (Å²) in [5, 5.41) is 0. The summed E-state index contributed by atoms with van der Waals surface area (Å²) >= 11 is 0. The third-order valence-corrected chi connectivity index (χ3v) is 6.04. The molecule has 1 aliphatic heterocycles. The van der Waals surface area contributed by atoms with Gasteiger partial charge in [0.2, 0.25) is 5.75 Å². The highest BCUT2D eigenvalue weighted by Crippen LogP contribution is 2.62. The van der Waals surface area contributed by atoms with Gasteiger partial charge in [0.05, 0.1) is 34.5 Å². The molecule has 30 heavy (non-hydrogen) atoms. The summed E-state index contributed by atoms with van der Waals surface area (Å²) in [6.07, 6.45) is 0. The summed E-state index contributed by atoms with van der Waals surface area (Å²) in [5.41, 5.74) is 0.993. The molecule has 0 radical (unpaired) electrons. The Morgan fingerprint density at radius 3 is 2.27 bits per heavy atom. The van der Waals surface area contributed by atoms with Crippen molar-refractivity contribution < 1.29 is 33.3 Å². The average Bonchev–Trinajstić information content (AvgIpc) is 3.26. The normalized spacial score (nSPS) is 23.9. The summed E-state index contributed by atoms with van der Waals surface area (Å²) in [4.78, 5) is 26.5. The van der Waals surface area contributed by atoms with Crippen LogP contribution < -0.4 is 14.2 Å². The van der Waals surface area contributed by atoms with Gasteiger partial charge in [0.25, 0.3) is 0 Å². The number of carbonyl (C=O) groups is 2. The van der Waals surface area contributed by atoms with Gasteiger partial charge < -0.3 is 23.7 Å². The van der Waals surface area contributed by atoms with Gasteiger partial charge in [0, 0.05) is 11.8 Å². The van der Waals surface area contributed by atoms with Crippen molar-refractivity contribution >= 4 is 11.9 Å². The van der Waals surface area contributed by atoms with Gasteiger partial charge in [-0.15, -0.1) is 0 Å². The molecule has 0 saturated carbocycles. The van der Waals surface area contributed by atoms with E-state index in [1.54, 1.807) is 19.1 Å². The van der Waals surface area contributed by atoms with Gasteiger partial charge >= 0.3 is 11.9 Å². The van der Waals surface area contributed by atoms with Crippen molar-refractivity contribution in [3.8, 4) is 17.2 Å². The second-order valence-corrected chi connectivity index (χ2v) is 7.26. The Hall–Kier alpha value is -3.22. The Bertz CT molecular complexity index is 974. The molecule has 2 aromatic carbocycles. The summed E-state index contributed by atoms with van der Waals surface area (Å²) in [7, 11) is 4.57. The van der Waals surface area contributed by atoms with Gasteiger partial charge in [-0.3, -0.25) is 9.59 Å². The van der Waals surface area contributed by atoms with E-state index in [9.17, 15) is 9.59 Å². The van der Waals surface area contributed by atoms with Crippen molar-refractivity contribution in [2.24, 2.45) is 5.41 Å². The molecule has 0 bridgehead atoms. The fourth-order valence-corrected chi connectivity index (χ4v) is 4.85. The first kappa shape index (κ1) is 20.1. The van der Waals surface area contributed by atoms with E-state index in [1.807, 2.05) is 24.3 Å². The predicted octanol–water partition coefficient (Wildman–Crippen LogP) is 3.05. The van der Waals surface area contributed by atoms with Gasteiger partial charge in [-0.1, -0.05) is 24.3 Å². The number of methoxy groups -OCH3 is 3. The molecule has 1 fully saturated rings. The molecule has 158 valence electrons. The maximum Gasteiger partial charge on any atom is 0.325 e. The topological polar surface area (TPSA) is 80.3 Å². The van der Waals surface area contributed by atoms with E-state index in [1.165, 1.54) is 21.3 Å². The molecule has 1 unspecified atom stereocenters. The van der Waals surface area contributed by atoms with Crippen molar-refractivity contribution in [2.75, 3.05) is 34.5 Å². The molecular formula is C23H24O7. The summed E-state index contributed by atoms with van der Waals surface area (Å²) in [6, 6.07) is 11.2. The molecule has 2 aliphatic rings. The molecule has 4 rings (SSSR count). The lowest BCUT2D eigenvalue weighted by Crippen LogP contribution is -2.43. The molecule has 1 heterocycles. The zero-order chi connectivity index (χ0) is 21.5. The number of fused-ring (bicyclic) bond motifs is 3. The Morgan fingerprint density at radius 2 is 1.70 bits per heavy atom. The molecule has 0 amide bonds. The zero-order valence-electron chi connectivity index (χ0n) is 17.4. The molecule has 0 N–H and O–H groups in total. The van der Waals surface area contributed by atoms with Gasteiger partial charge in [0.15, 0.2) is 16.9 Å². The maximum absolute atomic E-state index is 13.3. The molecule has 7 nitrogen and oxygen atoms in total. The fraction of sp³-hybridized carbons (Fsp3) is 0.391. The number of rotatable bonds is 6. The van der Waals surface area contributed by atoms with E-state index in [4.69, 9.17) is 23.7 Å². The Balaban J connectivity index is 2.01. The van der Waals surface area contributed by atoms with E-state index in [0.717, 1.165) is 11.1 Å². The van der Waals surface area contributed by atoms with Crippen LogP contribution in [0.2, 0.25) is 0 Å². The van der Waals surface area contributed by atoms with Crippen molar-refractivity contribution in [1.82, 2.24) is 0 Å². The molecule has 0 aromatic heterocycles. The third-order valence-electron chi connectivity index (χ3n) is 6.04. The van der Waals surface area contributed by atoms with Crippen LogP contribution in [0.4, 0.5) is 0 Å². The van der Waals surface area contributed by atoms with Gasteiger partial charge in [-0.25, -0.2) is 0 Å². The van der Waals surface area contributed by atoms with Gasteiger partial charge in [0.1, 0.15) is 0 Å². The minimum Gasteiger partial charge on any atom is -0.493 e. The van der Waals surface area contributed by atoms with Gasteiger partial charge in [-0.05, 0) is 35.7 Å². The monoisotopic (exact) mass is 412 g/mol. The quantitative estimate of drug-likeness (QED) is 0.533. The average molecular weight is 412 g/mol. The smallest absolute Gasteiger partial charge is 0.325 e. The first-order valence-corrected chi connectivity index (χ1v) is 9.77. The van der Waals surface area contributed by atoms with Crippen LogP contribution in [-0.2, 0) is 19.1 Å². The fourth-order valence-electron chi connectivity index (χ4n) is 4.85. The maximum atomic E-state index is 13.3. The van der Waals surface area contributed by atoms with Crippen LogP contribution in [-0.4, -0.2) is 46.5 Å². The largest absolute Gasteiger partial charge is 0.493 e. The van der Waals surface area contributed by atoms with Crippen molar-refractivity contribution in [3.05, 3.63) is 53.1 Å². The molecule has 1 saturated heterocycles. The van der Waals surface area contributed by atoms with Crippen LogP contribution >= 0.6 is 0 Å². The number of ether oxygens (including phenoxy) is 5. The summed E-state index contributed by atoms with van der Waals surface area (Å²) < 4.78 is 27.3. The Labute approximate surface area is 174 Å². The number of benzene rings is 2. The Kier molecular flexibility index (Phi) is 5.05.